The Balaban J connectivity index is 1.34. The van der Waals surface area contributed by atoms with E-state index in [1.54, 1.807) is 20.8 Å². The Bertz CT molecular complexity index is 1620. The third kappa shape index (κ3) is 8.69. The number of urea groups is 1. The number of hydrogen-bond donors (Lipinski definition) is 3. The quantitative estimate of drug-likeness (QED) is 0.249. The Hall–Kier alpha value is -4.41. The zero-order valence-electron chi connectivity index (χ0n) is 28.5. The fraction of sp³-hybridized carbons (Fsp3) is 0.432. The van der Waals surface area contributed by atoms with E-state index >= 15 is 0 Å². The van der Waals surface area contributed by atoms with Crippen LogP contribution >= 0.6 is 0 Å². The molecule has 3 aromatic rings. The number of fused-ring (bicyclic) bond motifs is 1. The van der Waals surface area contributed by atoms with Gasteiger partial charge < -0.3 is 24.8 Å². The second-order valence-corrected chi connectivity index (χ2v) is 14.0. The maximum Gasteiger partial charge on any atom is 0.412 e. The first-order valence-corrected chi connectivity index (χ1v) is 16.2. The third-order valence-corrected chi connectivity index (χ3v) is 8.21. The van der Waals surface area contributed by atoms with Crippen LogP contribution in [0.3, 0.4) is 0 Å². The second kappa shape index (κ2) is 14.1. The van der Waals surface area contributed by atoms with Crippen molar-refractivity contribution >= 4 is 29.2 Å². The number of carbonyl (C=O) groups excluding carboxylic acids is 2. The van der Waals surface area contributed by atoms with Crippen molar-refractivity contribution in [2.45, 2.75) is 71.4 Å². The highest BCUT2D eigenvalue weighted by Crippen LogP contribution is 2.40. The SMILES string of the molecule is COc1c(NC(=O)NC2=CCC(c3ccc(CN4CCOCC4)nc3)c3ccccc32)cc(C(C)(C)C)cc1NC(=O)OC(C)(C)C. The molecule has 0 bridgehead atoms. The largest absolute Gasteiger partial charge is 0.492 e. The van der Waals surface area contributed by atoms with Crippen molar-refractivity contribution in [1.29, 1.82) is 0 Å². The van der Waals surface area contributed by atoms with Gasteiger partial charge in [0, 0.05) is 43.0 Å². The summed E-state index contributed by atoms with van der Waals surface area (Å²) in [5.74, 6) is 0.441. The molecular formula is C37H47N5O5. The number of allylic oxidation sites excluding steroid dienone is 1. The molecule has 5 rings (SSSR count). The standard InChI is InChI=1S/C37H47N5O5/c1-36(2,3)25-20-31(33(45-7)32(21-25)41-35(44)47-37(4,5)6)40-34(43)39-30-15-14-27(28-10-8-9-11-29(28)30)24-12-13-26(38-22-24)23-42-16-18-46-19-17-42/h8-13,15,20-22,27H,14,16-19,23H2,1-7H3,(H,41,44)(H2,39,40,43). The van der Waals surface area contributed by atoms with Gasteiger partial charge >= 0.3 is 12.1 Å². The van der Waals surface area contributed by atoms with Crippen molar-refractivity contribution in [3.63, 3.8) is 0 Å². The van der Waals surface area contributed by atoms with Crippen LogP contribution in [0.2, 0.25) is 0 Å². The first-order chi connectivity index (χ1) is 22.3. The molecule has 0 radical (unpaired) electrons. The summed E-state index contributed by atoms with van der Waals surface area (Å²) >= 11 is 0. The van der Waals surface area contributed by atoms with E-state index in [1.807, 2.05) is 36.5 Å². The van der Waals surface area contributed by atoms with Crippen LogP contribution in [0.15, 0.2) is 60.8 Å². The molecule has 1 aliphatic carbocycles. The summed E-state index contributed by atoms with van der Waals surface area (Å²) in [5, 5.41) is 8.83. The summed E-state index contributed by atoms with van der Waals surface area (Å²) in [7, 11) is 1.50. The molecule has 1 fully saturated rings. The van der Waals surface area contributed by atoms with Crippen LogP contribution < -0.4 is 20.7 Å². The van der Waals surface area contributed by atoms with Crippen LogP contribution in [0.5, 0.6) is 5.75 Å². The molecule has 1 saturated heterocycles. The number of nitrogens with one attached hydrogen (secondary N) is 3. The number of pyridine rings is 1. The molecule has 1 aliphatic heterocycles. The molecule has 0 saturated carbocycles. The van der Waals surface area contributed by atoms with Gasteiger partial charge in [-0.05, 0) is 67.5 Å². The van der Waals surface area contributed by atoms with Crippen molar-refractivity contribution in [2.24, 2.45) is 0 Å². The Morgan fingerprint density at radius 1 is 0.957 bits per heavy atom. The maximum absolute atomic E-state index is 13.5. The number of anilines is 2. The number of morpholine rings is 1. The summed E-state index contributed by atoms with van der Waals surface area (Å²) in [6.45, 7) is 15.8. The van der Waals surface area contributed by atoms with Gasteiger partial charge in [-0.2, -0.15) is 0 Å². The number of benzene rings is 2. The average molecular weight is 642 g/mol. The van der Waals surface area contributed by atoms with E-state index < -0.39 is 17.7 Å². The van der Waals surface area contributed by atoms with Crippen molar-refractivity contribution in [3.8, 4) is 5.75 Å². The van der Waals surface area contributed by atoms with Gasteiger partial charge in [0.2, 0.25) is 0 Å². The predicted octanol–water partition coefficient (Wildman–Crippen LogP) is 7.27. The smallest absolute Gasteiger partial charge is 0.412 e. The van der Waals surface area contributed by atoms with E-state index in [0.717, 1.165) is 66.5 Å². The Kier molecular flexibility index (Phi) is 10.2. The lowest BCUT2D eigenvalue weighted by Crippen LogP contribution is -2.35. The topological polar surface area (TPSA) is 114 Å². The number of ether oxygens (including phenoxy) is 3. The normalized spacial score (nSPS) is 16.8. The molecule has 10 nitrogen and oxygen atoms in total. The van der Waals surface area contributed by atoms with E-state index in [4.69, 9.17) is 19.2 Å². The van der Waals surface area contributed by atoms with Crippen LogP contribution in [0.4, 0.5) is 21.0 Å². The molecule has 10 heteroatoms. The number of nitrogens with zero attached hydrogens (tertiary/aromatic N) is 2. The predicted molar refractivity (Wildman–Crippen MR) is 185 cm³/mol. The zero-order valence-corrected chi connectivity index (χ0v) is 28.5. The molecule has 47 heavy (non-hydrogen) atoms. The summed E-state index contributed by atoms with van der Waals surface area (Å²) < 4.78 is 16.6. The lowest BCUT2D eigenvalue weighted by Gasteiger charge is -2.28. The van der Waals surface area contributed by atoms with E-state index in [-0.39, 0.29) is 11.3 Å². The zero-order chi connectivity index (χ0) is 33.8. The van der Waals surface area contributed by atoms with Gasteiger partial charge in [-0.25, -0.2) is 9.59 Å². The molecule has 1 aromatic heterocycles. The average Bonchev–Trinajstić information content (AvgIpc) is 3.01. The van der Waals surface area contributed by atoms with Gasteiger partial charge in [0.15, 0.2) is 5.75 Å². The van der Waals surface area contributed by atoms with E-state index in [9.17, 15) is 9.59 Å². The summed E-state index contributed by atoms with van der Waals surface area (Å²) in [5.41, 5.74) is 5.77. The molecule has 2 heterocycles. The number of aromatic nitrogens is 1. The van der Waals surface area contributed by atoms with Crippen molar-refractivity contribution in [1.82, 2.24) is 15.2 Å². The molecular weight excluding hydrogens is 594 g/mol. The van der Waals surface area contributed by atoms with Gasteiger partial charge in [-0.3, -0.25) is 15.2 Å². The minimum atomic E-state index is -0.675. The van der Waals surface area contributed by atoms with E-state index in [2.05, 4.69) is 65.9 Å². The van der Waals surface area contributed by atoms with Crippen LogP contribution in [0.1, 0.15) is 81.8 Å². The molecule has 250 valence electrons. The van der Waals surface area contributed by atoms with Gasteiger partial charge in [-0.1, -0.05) is 57.2 Å². The van der Waals surface area contributed by atoms with Crippen molar-refractivity contribution in [3.05, 3.63) is 88.8 Å². The number of carbonyl (C=O) groups is 2. The molecule has 1 atom stereocenters. The molecule has 2 aromatic carbocycles. The first kappa shape index (κ1) is 33.9. The highest BCUT2D eigenvalue weighted by molar-refractivity contribution is 5.99. The molecule has 1 unspecified atom stereocenters. The number of hydrogen-bond acceptors (Lipinski definition) is 7. The van der Waals surface area contributed by atoms with Crippen molar-refractivity contribution < 1.29 is 23.8 Å². The lowest BCUT2D eigenvalue weighted by atomic mass is 9.81. The minimum Gasteiger partial charge on any atom is -0.492 e. The van der Waals surface area contributed by atoms with Gasteiger partial charge in [0.05, 0.1) is 37.4 Å². The fourth-order valence-electron chi connectivity index (χ4n) is 5.83. The minimum absolute atomic E-state index is 0.120. The number of rotatable bonds is 7. The Morgan fingerprint density at radius 3 is 2.30 bits per heavy atom. The molecule has 2 aliphatic rings. The van der Waals surface area contributed by atoms with Crippen molar-refractivity contribution in [2.75, 3.05) is 44.0 Å². The fourth-order valence-corrected chi connectivity index (χ4v) is 5.83. The van der Waals surface area contributed by atoms with E-state index in [0.29, 0.717) is 23.5 Å². The van der Waals surface area contributed by atoms with Gasteiger partial charge in [0.1, 0.15) is 5.60 Å². The van der Waals surface area contributed by atoms with Crippen LogP contribution in [0, 0.1) is 0 Å². The monoisotopic (exact) mass is 641 g/mol. The second-order valence-electron chi connectivity index (χ2n) is 14.0. The van der Waals surface area contributed by atoms with Crippen LogP contribution in [0.25, 0.3) is 5.70 Å². The van der Waals surface area contributed by atoms with Crippen LogP contribution in [-0.4, -0.2) is 61.0 Å². The van der Waals surface area contributed by atoms with Gasteiger partial charge in [0.25, 0.3) is 0 Å². The van der Waals surface area contributed by atoms with Crippen LogP contribution in [-0.2, 0) is 21.4 Å². The summed E-state index contributed by atoms with van der Waals surface area (Å²) in [6.07, 6.45) is 4.14. The molecule has 3 N–H and O–H groups in total. The maximum atomic E-state index is 13.5. The first-order valence-electron chi connectivity index (χ1n) is 16.2. The van der Waals surface area contributed by atoms with Gasteiger partial charge in [-0.15, -0.1) is 0 Å². The number of methoxy groups -OCH3 is 1. The number of amides is 3. The highest BCUT2D eigenvalue weighted by atomic mass is 16.6. The highest BCUT2D eigenvalue weighted by Gasteiger charge is 2.26. The molecule has 0 spiro atoms. The van der Waals surface area contributed by atoms with E-state index in [1.165, 1.54) is 7.11 Å². The summed E-state index contributed by atoms with van der Waals surface area (Å²) in [4.78, 5) is 33.4. The lowest BCUT2D eigenvalue weighted by molar-refractivity contribution is 0.0336. The summed E-state index contributed by atoms with van der Waals surface area (Å²) in [6, 6.07) is 15.7. The third-order valence-electron chi connectivity index (χ3n) is 8.21. The Labute approximate surface area is 277 Å². The molecule has 3 amide bonds. The Morgan fingerprint density at radius 2 is 1.66 bits per heavy atom.